The molecule has 0 spiro atoms. The van der Waals surface area contributed by atoms with E-state index in [1.54, 1.807) is 24.3 Å². The van der Waals surface area contributed by atoms with Gasteiger partial charge in [0.1, 0.15) is 6.07 Å². The second kappa shape index (κ2) is 10.6. The zero-order valence-electron chi connectivity index (χ0n) is 21.3. The number of fused-ring (bicyclic) bond motifs is 1. The number of benzene rings is 2. The molecule has 1 aromatic heterocycles. The summed E-state index contributed by atoms with van der Waals surface area (Å²) in [6.45, 7) is 4.55. The molecule has 206 valence electrons. The number of hydrogen-bond acceptors (Lipinski definition) is 6. The first-order valence-electron chi connectivity index (χ1n) is 12.9. The molecule has 2 aromatic carbocycles. The third-order valence-corrected chi connectivity index (χ3v) is 8.62. The maximum absolute atomic E-state index is 13.6. The highest BCUT2D eigenvalue weighted by Crippen LogP contribution is 2.36. The van der Waals surface area contributed by atoms with Crippen LogP contribution in [0.25, 0.3) is 17.0 Å². The molecular weight excluding hydrogens is 561 g/mol. The largest absolute Gasteiger partial charge is 0.416 e. The van der Waals surface area contributed by atoms with Crippen LogP contribution in [0.3, 0.4) is 0 Å². The lowest BCUT2D eigenvalue weighted by Gasteiger charge is -2.35. The van der Waals surface area contributed by atoms with Crippen molar-refractivity contribution < 1.29 is 18.0 Å². The number of alkyl halides is 3. The number of hydrogen-bond donors (Lipinski definition) is 0. The Balaban J connectivity index is 1.21. The summed E-state index contributed by atoms with van der Waals surface area (Å²) < 4.78 is 42.2. The lowest BCUT2D eigenvalue weighted by Crippen LogP contribution is -2.48. The van der Waals surface area contributed by atoms with E-state index in [0.717, 1.165) is 44.7 Å². The average Bonchev–Trinajstić information content (AvgIpc) is 3.57. The van der Waals surface area contributed by atoms with Crippen LogP contribution in [0.15, 0.2) is 46.3 Å². The van der Waals surface area contributed by atoms with E-state index in [1.807, 2.05) is 6.07 Å². The monoisotopic (exact) mass is 584 g/mol. The van der Waals surface area contributed by atoms with Crippen molar-refractivity contribution in [2.24, 2.45) is 10.9 Å². The molecule has 2 aliphatic heterocycles. The Bertz CT molecular complexity index is 1600. The minimum absolute atomic E-state index is 0.0111. The van der Waals surface area contributed by atoms with E-state index >= 15 is 0 Å². The molecule has 0 radical (unpaired) electrons. The van der Waals surface area contributed by atoms with Crippen LogP contribution < -0.4 is 0 Å². The van der Waals surface area contributed by atoms with Crippen molar-refractivity contribution in [1.29, 1.82) is 5.26 Å². The fourth-order valence-electron chi connectivity index (χ4n) is 5.07. The van der Waals surface area contributed by atoms with Gasteiger partial charge in [0, 0.05) is 43.1 Å². The number of aromatic nitrogens is 2. The van der Waals surface area contributed by atoms with Crippen LogP contribution >= 0.6 is 23.4 Å². The zero-order chi connectivity index (χ0) is 28.0. The van der Waals surface area contributed by atoms with Crippen molar-refractivity contribution in [3.8, 4) is 6.07 Å². The molecule has 1 saturated carbocycles. The van der Waals surface area contributed by atoms with Crippen LogP contribution in [-0.2, 0) is 17.5 Å². The van der Waals surface area contributed by atoms with E-state index in [2.05, 4.69) is 19.9 Å². The first-order chi connectivity index (χ1) is 19.2. The summed E-state index contributed by atoms with van der Waals surface area (Å²) in [5.74, 6) is 0.542. The summed E-state index contributed by atoms with van der Waals surface area (Å²) in [7, 11) is 0. The topological polar surface area (TPSA) is 77.5 Å². The number of nitrogens with zero attached hydrogens (tertiary/aromatic N) is 6. The van der Waals surface area contributed by atoms with Crippen molar-refractivity contribution in [1.82, 2.24) is 19.6 Å². The maximum atomic E-state index is 13.6. The fourth-order valence-corrected chi connectivity index (χ4v) is 6.21. The van der Waals surface area contributed by atoms with Crippen molar-refractivity contribution in [2.45, 2.75) is 25.6 Å². The van der Waals surface area contributed by atoms with E-state index in [1.165, 1.54) is 41.4 Å². The van der Waals surface area contributed by atoms with E-state index in [4.69, 9.17) is 11.6 Å². The van der Waals surface area contributed by atoms with Crippen LogP contribution in [0.1, 0.15) is 35.2 Å². The second-order valence-corrected chi connectivity index (χ2v) is 11.7. The number of nitriles is 1. The minimum atomic E-state index is -4.59. The number of rotatable bonds is 5. The quantitative estimate of drug-likeness (QED) is 0.362. The molecule has 40 heavy (non-hydrogen) atoms. The van der Waals surface area contributed by atoms with Crippen LogP contribution in [0.5, 0.6) is 0 Å². The second-order valence-electron chi connectivity index (χ2n) is 10.2. The molecule has 0 bridgehead atoms. The van der Waals surface area contributed by atoms with Gasteiger partial charge < -0.3 is 4.90 Å². The van der Waals surface area contributed by atoms with E-state index in [0.29, 0.717) is 26.5 Å². The highest BCUT2D eigenvalue weighted by molar-refractivity contribution is 8.18. The minimum Gasteiger partial charge on any atom is -0.348 e. The number of aliphatic imine (C=N–C) groups is 1. The molecule has 1 saturated heterocycles. The number of carbonyl (C=O) groups excluding carboxylic acids is 1. The molecule has 12 heteroatoms. The first kappa shape index (κ1) is 26.9. The Morgan fingerprint density at radius 2 is 1.90 bits per heavy atom. The number of piperazine rings is 1. The number of amidine groups is 1. The molecule has 3 aliphatic rings. The van der Waals surface area contributed by atoms with Crippen molar-refractivity contribution in [2.75, 3.05) is 32.7 Å². The molecule has 1 aliphatic carbocycles. The summed E-state index contributed by atoms with van der Waals surface area (Å²) in [4.78, 5) is 22.1. The smallest absolute Gasteiger partial charge is 0.348 e. The molecule has 2 fully saturated rings. The van der Waals surface area contributed by atoms with Crippen molar-refractivity contribution >= 4 is 51.4 Å². The van der Waals surface area contributed by atoms with Gasteiger partial charge in [-0.1, -0.05) is 23.7 Å². The van der Waals surface area contributed by atoms with Gasteiger partial charge in [0.2, 0.25) is 0 Å². The normalized spacial score (nSPS) is 19.5. The van der Waals surface area contributed by atoms with Crippen molar-refractivity contribution in [3.05, 3.63) is 68.7 Å². The SMILES string of the molecule is N#Cc1nn(Cc2ccc(Cl)cc2C(F)(F)F)c2ccc(/C=C3/SC(N4CCN(CC5CC5)CC4)=NC3=O)cc12. The van der Waals surface area contributed by atoms with Gasteiger partial charge in [-0.25, -0.2) is 0 Å². The van der Waals surface area contributed by atoms with Gasteiger partial charge in [-0.15, -0.1) is 0 Å². The van der Waals surface area contributed by atoms with Crippen molar-refractivity contribution in [3.63, 3.8) is 0 Å². The summed E-state index contributed by atoms with van der Waals surface area (Å²) in [5, 5.41) is 15.1. The molecule has 3 aromatic rings. The summed E-state index contributed by atoms with van der Waals surface area (Å²) in [5.41, 5.74) is 0.411. The summed E-state index contributed by atoms with van der Waals surface area (Å²) in [6.07, 6.45) is -0.201. The lowest BCUT2D eigenvalue weighted by molar-refractivity contribution is -0.138. The maximum Gasteiger partial charge on any atom is 0.416 e. The van der Waals surface area contributed by atoms with Gasteiger partial charge in [0.05, 0.1) is 22.5 Å². The van der Waals surface area contributed by atoms with Gasteiger partial charge in [0.15, 0.2) is 10.9 Å². The molecule has 3 heterocycles. The molecule has 0 atom stereocenters. The molecular formula is C28H24ClF3N6OS. The van der Waals surface area contributed by atoms with Crippen LogP contribution in [0.2, 0.25) is 5.02 Å². The van der Waals surface area contributed by atoms with Gasteiger partial charge >= 0.3 is 6.18 Å². The Hall–Kier alpha value is -3.33. The Kier molecular flexibility index (Phi) is 7.10. The highest BCUT2D eigenvalue weighted by Gasteiger charge is 2.34. The van der Waals surface area contributed by atoms with E-state index in [-0.39, 0.29) is 28.7 Å². The third-order valence-electron chi connectivity index (χ3n) is 7.34. The third kappa shape index (κ3) is 5.61. The lowest BCUT2D eigenvalue weighted by atomic mass is 10.1. The Labute approximate surface area is 237 Å². The molecule has 0 unspecified atom stereocenters. The van der Waals surface area contributed by atoms with Gasteiger partial charge in [-0.05, 0) is 72.0 Å². The van der Waals surface area contributed by atoms with E-state index in [9.17, 15) is 23.2 Å². The number of amides is 1. The zero-order valence-corrected chi connectivity index (χ0v) is 22.9. The molecule has 1 amide bonds. The Morgan fingerprint density at radius 3 is 2.60 bits per heavy atom. The summed E-state index contributed by atoms with van der Waals surface area (Å²) >= 11 is 7.15. The Morgan fingerprint density at radius 1 is 1.12 bits per heavy atom. The van der Waals surface area contributed by atoms with Crippen LogP contribution in [-0.4, -0.2) is 63.4 Å². The molecule has 0 N–H and O–H groups in total. The van der Waals surface area contributed by atoms with Crippen LogP contribution in [0, 0.1) is 17.2 Å². The molecule has 6 rings (SSSR count). The standard InChI is InChI=1S/C28H24ClF3N6OS/c29-20-5-4-19(22(13-20)28(30,31)32)16-38-24-6-3-18(11-21(24)23(14-33)35-38)12-25-26(39)34-27(40-25)37-9-7-36(8-10-37)15-17-1-2-17/h3-6,11-13,17H,1-2,7-10,15-16H2/b25-12+. The average molecular weight is 585 g/mol. The number of halogens is 4. The fraction of sp³-hybridized carbons (Fsp3) is 0.357. The van der Waals surface area contributed by atoms with Gasteiger partial charge in [-0.2, -0.15) is 28.5 Å². The number of thioether (sulfide) groups is 1. The predicted molar refractivity (Wildman–Crippen MR) is 149 cm³/mol. The predicted octanol–water partition coefficient (Wildman–Crippen LogP) is 5.63. The number of carbonyl (C=O) groups is 1. The highest BCUT2D eigenvalue weighted by atomic mass is 35.5. The van der Waals surface area contributed by atoms with Crippen LogP contribution in [0.4, 0.5) is 13.2 Å². The van der Waals surface area contributed by atoms with E-state index < -0.39 is 11.7 Å². The molecule has 7 nitrogen and oxygen atoms in total. The van der Waals surface area contributed by atoms with Gasteiger partial charge in [0.25, 0.3) is 5.91 Å². The van der Waals surface area contributed by atoms with Gasteiger partial charge in [-0.3, -0.25) is 14.4 Å². The first-order valence-corrected chi connectivity index (χ1v) is 14.1. The summed E-state index contributed by atoms with van der Waals surface area (Å²) in [6, 6.07) is 10.8.